The van der Waals surface area contributed by atoms with E-state index in [0.29, 0.717) is 17.7 Å². The smallest absolute Gasteiger partial charge is 0.308 e. The maximum absolute atomic E-state index is 10.9. The number of ether oxygens (including phenoxy) is 1. The lowest BCUT2D eigenvalue weighted by atomic mass is 10.2. The van der Waals surface area contributed by atoms with E-state index in [1.165, 1.54) is 11.5 Å². The van der Waals surface area contributed by atoms with Crippen LogP contribution in [0.1, 0.15) is 6.92 Å². The first-order valence-corrected chi connectivity index (χ1v) is 4.45. The van der Waals surface area contributed by atoms with Gasteiger partial charge in [-0.3, -0.25) is 14.2 Å². The van der Waals surface area contributed by atoms with E-state index in [-0.39, 0.29) is 0 Å². The Morgan fingerprint density at radius 3 is 2.87 bits per heavy atom. The normalized spacial score (nSPS) is 10.2. The van der Waals surface area contributed by atoms with E-state index in [4.69, 9.17) is 4.74 Å². The van der Waals surface area contributed by atoms with Gasteiger partial charge in [-0.25, -0.2) is 0 Å². The molecule has 0 aliphatic rings. The number of carbonyl (C=O) groups is 2. The number of hydrogen-bond donors (Lipinski definition) is 0. The van der Waals surface area contributed by atoms with Crippen molar-refractivity contribution in [2.24, 2.45) is 0 Å². The third-order valence-electron chi connectivity index (χ3n) is 2.07. The molecule has 0 radical (unpaired) electrons. The van der Waals surface area contributed by atoms with Crippen LogP contribution in [0.5, 0.6) is 5.75 Å². The Labute approximate surface area is 86.1 Å². The van der Waals surface area contributed by atoms with Gasteiger partial charge in [-0.1, -0.05) is 12.1 Å². The molecule has 4 nitrogen and oxygen atoms in total. The molecule has 0 amide bonds. The third kappa shape index (κ3) is 1.61. The van der Waals surface area contributed by atoms with E-state index >= 15 is 0 Å². The molecule has 1 heterocycles. The number of fused-ring (bicyclic) bond motifs is 1. The predicted octanol–water partition coefficient (Wildman–Crippen LogP) is 1.60. The minimum atomic E-state index is -0.402. The van der Waals surface area contributed by atoms with Crippen LogP contribution in [-0.4, -0.2) is 16.9 Å². The summed E-state index contributed by atoms with van der Waals surface area (Å²) < 4.78 is 6.39. The molecule has 76 valence electrons. The molecule has 1 aromatic carbocycles. The van der Waals surface area contributed by atoms with Crippen LogP contribution in [0, 0.1) is 0 Å². The number of hydrogen-bond acceptors (Lipinski definition) is 3. The summed E-state index contributed by atoms with van der Waals surface area (Å²) in [6.07, 6.45) is 2.31. The van der Waals surface area contributed by atoms with Gasteiger partial charge in [0.2, 0.25) is 6.41 Å². The van der Waals surface area contributed by atoms with Gasteiger partial charge in [0.05, 0.1) is 5.52 Å². The lowest BCUT2D eigenvalue weighted by Crippen LogP contribution is -2.03. The van der Waals surface area contributed by atoms with Gasteiger partial charge in [0, 0.05) is 18.5 Å². The Kier molecular flexibility index (Phi) is 2.25. The summed E-state index contributed by atoms with van der Waals surface area (Å²) in [5.74, 6) is -0.00162. The van der Waals surface area contributed by atoms with Gasteiger partial charge in [0.1, 0.15) is 0 Å². The Balaban J connectivity index is 2.66. The van der Waals surface area contributed by atoms with Crippen LogP contribution in [0.4, 0.5) is 0 Å². The zero-order valence-corrected chi connectivity index (χ0v) is 8.14. The molecular weight excluding hydrogens is 194 g/mol. The molecule has 2 rings (SSSR count). The van der Waals surface area contributed by atoms with E-state index < -0.39 is 5.97 Å². The first-order chi connectivity index (χ1) is 7.22. The van der Waals surface area contributed by atoms with Crippen molar-refractivity contribution in [2.75, 3.05) is 0 Å². The van der Waals surface area contributed by atoms with Gasteiger partial charge in [-0.2, -0.15) is 0 Å². The summed E-state index contributed by atoms with van der Waals surface area (Å²) >= 11 is 0. The fourth-order valence-corrected chi connectivity index (χ4v) is 1.51. The molecule has 0 unspecified atom stereocenters. The van der Waals surface area contributed by atoms with Crippen LogP contribution in [0.3, 0.4) is 0 Å². The highest BCUT2D eigenvalue weighted by Crippen LogP contribution is 2.25. The number of esters is 1. The van der Waals surface area contributed by atoms with Crippen molar-refractivity contribution in [1.29, 1.82) is 0 Å². The number of para-hydroxylation sites is 1. The highest BCUT2D eigenvalue weighted by molar-refractivity contribution is 5.91. The number of rotatable bonds is 2. The van der Waals surface area contributed by atoms with Crippen molar-refractivity contribution in [3.8, 4) is 5.75 Å². The molecule has 0 bridgehead atoms. The molecule has 0 saturated heterocycles. The highest BCUT2D eigenvalue weighted by atomic mass is 16.5. The molecule has 4 heteroatoms. The minimum absolute atomic E-state index is 0.400. The average molecular weight is 203 g/mol. The molecule has 15 heavy (non-hydrogen) atoms. The van der Waals surface area contributed by atoms with Crippen LogP contribution in [0.2, 0.25) is 0 Å². The first kappa shape index (κ1) is 9.45. The summed E-state index contributed by atoms with van der Waals surface area (Å²) in [5.41, 5.74) is 0.614. The summed E-state index contributed by atoms with van der Waals surface area (Å²) in [6.45, 7) is 1.33. The quantitative estimate of drug-likeness (QED) is 0.423. The van der Waals surface area contributed by atoms with Gasteiger partial charge in [-0.15, -0.1) is 0 Å². The van der Waals surface area contributed by atoms with Crippen molar-refractivity contribution in [2.45, 2.75) is 6.92 Å². The molecule has 0 spiro atoms. The van der Waals surface area contributed by atoms with E-state index in [9.17, 15) is 9.59 Å². The SMILES string of the molecule is CC(=O)Oc1cccc2ccn(C=O)c12. The van der Waals surface area contributed by atoms with Crippen LogP contribution in [0.15, 0.2) is 30.5 Å². The second kappa shape index (κ2) is 3.57. The van der Waals surface area contributed by atoms with Gasteiger partial charge in [0.15, 0.2) is 5.75 Å². The van der Waals surface area contributed by atoms with Crippen LogP contribution in [-0.2, 0) is 9.59 Å². The predicted molar refractivity (Wildman–Crippen MR) is 55.4 cm³/mol. The van der Waals surface area contributed by atoms with Crippen LogP contribution < -0.4 is 4.74 Å². The summed E-state index contributed by atoms with van der Waals surface area (Å²) in [6, 6.07) is 7.07. The monoisotopic (exact) mass is 203 g/mol. The van der Waals surface area contributed by atoms with Crippen molar-refractivity contribution in [1.82, 2.24) is 4.57 Å². The number of nitrogens with zero attached hydrogens (tertiary/aromatic N) is 1. The highest BCUT2D eigenvalue weighted by Gasteiger charge is 2.08. The zero-order valence-electron chi connectivity index (χ0n) is 8.14. The van der Waals surface area contributed by atoms with E-state index in [2.05, 4.69) is 0 Å². The largest absolute Gasteiger partial charge is 0.424 e. The number of benzene rings is 1. The van der Waals surface area contributed by atoms with E-state index in [1.54, 1.807) is 24.4 Å². The third-order valence-corrected chi connectivity index (χ3v) is 2.07. The molecule has 0 aliphatic carbocycles. The van der Waals surface area contributed by atoms with Crippen LogP contribution in [0.25, 0.3) is 10.9 Å². The van der Waals surface area contributed by atoms with Gasteiger partial charge in [0.25, 0.3) is 0 Å². The maximum atomic E-state index is 10.9. The molecule has 1 aromatic heterocycles. The van der Waals surface area contributed by atoms with E-state index in [1.807, 2.05) is 6.07 Å². The van der Waals surface area contributed by atoms with Crippen molar-refractivity contribution in [3.05, 3.63) is 30.5 Å². The van der Waals surface area contributed by atoms with E-state index in [0.717, 1.165) is 5.39 Å². The zero-order chi connectivity index (χ0) is 10.8. The van der Waals surface area contributed by atoms with Gasteiger partial charge in [-0.05, 0) is 12.1 Å². The summed E-state index contributed by atoms with van der Waals surface area (Å²) in [7, 11) is 0. The molecule has 0 N–H and O–H groups in total. The standard InChI is InChI=1S/C11H9NO3/c1-8(14)15-10-4-2-3-9-5-6-12(7-13)11(9)10/h2-7H,1H3. The fraction of sp³-hybridized carbons (Fsp3) is 0.0909. The Bertz CT molecular complexity index is 528. The van der Waals surface area contributed by atoms with Crippen molar-refractivity contribution >= 4 is 23.3 Å². The van der Waals surface area contributed by atoms with Gasteiger partial charge < -0.3 is 4.74 Å². The summed E-state index contributed by atoms with van der Waals surface area (Å²) in [4.78, 5) is 21.6. The number of carbonyl (C=O) groups excluding carboxylic acids is 2. The second-order valence-corrected chi connectivity index (χ2v) is 3.12. The molecule has 0 fully saturated rings. The molecule has 0 aliphatic heterocycles. The van der Waals surface area contributed by atoms with Gasteiger partial charge >= 0.3 is 5.97 Å². The van der Waals surface area contributed by atoms with Crippen molar-refractivity contribution in [3.63, 3.8) is 0 Å². The van der Waals surface area contributed by atoms with Crippen LogP contribution >= 0.6 is 0 Å². The van der Waals surface area contributed by atoms with Crippen molar-refractivity contribution < 1.29 is 14.3 Å². The minimum Gasteiger partial charge on any atom is -0.424 e. The average Bonchev–Trinajstić information content (AvgIpc) is 2.61. The number of aromatic nitrogens is 1. The molecule has 0 atom stereocenters. The summed E-state index contributed by atoms with van der Waals surface area (Å²) in [5, 5.41) is 0.862. The molecule has 2 aromatic rings. The topological polar surface area (TPSA) is 48.3 Å². The Morgan fingerprint density at radius 2 is 2.20 bits per heavy atom. The lowest BCUT2D eigenvalue weighted by Gasteiger charge is -2.04. The molecule has 0 saturated carbocycles. The Hall–Kier alpha value is -2.10. The molecular formula is C11H9NO3. The fourth-order valence-electron chi connectivity index (χ4n) is 1.51. The maximum Gasteiger partial charge on any atom is 0.308 e. The lowest BCUT2D eigenvalue weighted by molar-refractivity contribution is -0.131. The first-order valence-electron chi connectivity index (χ1n) is 4.45. The second-order valence-electron chi connectivity index (χ2n) is 3.12. The Morgan fingerprint density at radius 1 is 1.40 bits per heavy atom.